The summed E-state index contributed by atoms with van der Waals surface area (Å²) in [7, 11) is 0. The van der Waals surface area contributed by atoms with Crippen LogP contribution in [0.2, 0.25) is 0 Å². The van der Waals surface area contributed by atoms with E-state index in [1.165, 1.54) is 12.1 Å². The van der Waals surface area contributed by atoms with Crippen molar-refractivity contribution in [3.8, 4) is 5.75 Å². The second-order valence-corrected chi connectivity index (χ2v) is 5.23. The molecule has 1 amide bonds. The number of phenols is 1. The van der Waals surface area contributed by atoms with Crippen molar-refractivity contribution in [2.45, 2.75) is 10.7 Å². The fourth-order valence-electron chi connectivity index (χ4n) is 0.935. The Bertz CT molecular complexity index is 387. The average molecular weight is 269 g/mol. The molecule has 0 saturated heterocycles. The van der Waals surface area contributed by atoms with Gasteiger partial charge in [-0.1, -0.05) is 34.8 Å². The lowest BCUT2D eigenvalue weighted by molar-refractivity contribution is -0.115. The zero-order chi connectivity index (χ0) is 11.6. The number of rotatable bonds is 1. The molecule has 0 atom stereocenters. The third-order valence-corrected chi connectivity index (χ3v) is 2.23. The largest absolute Gasteiger partial charge is 0.508 e. The molecule has 0 fully saturated rings. The third-order valence-electron chi connectivity index (χ3n) is 1.71. The van der Waals surface area contributed by atoms with Crippen LogP contribution in [0.3, 0.4) is 0 Å². The molecular formula is C9H8Cl3NO2. The Morgan fingerprint density at radius 3 is 2.47 bits per heavy atom. The predicted octanol–water partition coefficient (Wildman–Crippen LogP) is 3.01. The summed E-state index contributed by atoms with van der Waals surface area (Å²) in [5, 5.41) is 11.7. The van der Waals surface area contributed by atoms with Crippen molar-refractivity contribution in [1.82, 2.24) is 0 Å². The minimum atomic E-state index is -1.99. The van der Waals surface area contributed by atoms with Crippen LogP contribution in [0.25, 0.3) is 0 Å². The molecular weight excluding hydrogens is 260 g/mol. The van der Waals surface area contributed by atoms with E-state index in [-0.39, 0.29) is 5.75 Å². The summed E-state index contributed by atoms with van der Waals surface area (Å²) in [6.45, 7) is 1.69. The van der Waals surface area contributed by atoms with Crippen molar-refractivity contribution < 1.29 is 9.90 Å². The van der Waals surface area contributed by atoms with Crippen LogP contribution in [-0.4, -0.2) is 14.8 Å². The van der Waals surface area contributed by atoms with Gasteiger partial charge in [-0.05, 0) is 30.7 Å². The van der Waals surface area contributed by atoms with Crippen LogP contribution in [0.4, 0.5) is 5.69 Å². The monoisotopic (exact) mass is 267 g/mol. The summed E-state index contributed by atoms with van der Waals surface area (Å²) in [5.41, 5.74) is 1.08. The molecule has 0 aliphatic rings. The number of hydrogen-bond donors (Lipinski definition) is 2. The van der Waals surface area contributed by atoms with Crippen molar-refractivity contribution in [3.05, 3.63) is 23.8 Å². The highest BCUT2D eigenvalue weighted by molar-refractivity contribution is 6.76. The van der Waals surface area contributed by atoms with Crippen molar-refractivity contribution in [3.63, 3.8) is 0 Å². The van der Waals surface area contributed by atoms with Crippen molar-refractivity contribution in [1.29, 1.82) is 0 Å². The van der Waals surface area contributed by atoms with E-state index >= 15 is 0 Å². The second-order valence-electron chi connectivity index (χ2n) is 2.95. The molecule has 2 N–H and O–H groups in total. The van der Waals surface area contributed by atoms with E-state index in [0.29, 0.717) is 11.3 Å². The first-order chi connectivity index (χ1) is 6.80. The molecule has 1 aromatic carbocycles. The van der Waals surface area contributed by atoms with Gasteiger partial charge in [0.05, 0.1) is 0 Å². The molecule has 6 heteroatoms. The van der Waals surface area contributed by atoms with Gasteiger partial charge in [-0.15, -0.1) is 0 Å². The number of aromatic hydroxyl groups is 1. The fraction of sp³-hybridized carbons (Fsp3) is 0.222. The number of hydrogen-bond acceptors (Lipinski definition) is 2. The van der Waals surface area contributed by atoms with Gasteiger partial charge in [0.2, 0.25) is 0 Å². The first-order valence-electron chi connectivity index (χ1n) is 3.98. The van der Waals surface area contributed by atoms with Crippen molar-refractivity contribution in [2.24, 2.45) is 0 Å². The van der Waals surface area contributed by atoms with Gasteiger partial charge in [0.15, 0.2) is 0 Å². The molecule has 0 aliphatic heterocycles. The lowest BCUT2D eigenvalue weighted by atomic mass is 10.2. The first kappa shape index (κ1) is 12.4. The minimum absolute atomic E-state index is 0.141. The normalized spacial score (nSPS) is 11.2. The van der Waals surface area contributed by atoms with Gasteiger partial charge >= 0.3 is 0 Å². The summed E-state index contributed by atoms with van der Waals surface area (Å²) in [6, 6.07) is 4.53. The molecule has 1 aromatic rings. The van der Waals surface area contributed by atoms with Crippen LogP contribution in [0.5, 0.6) is 5.75 Å². The standard InChI is InChI=1S/C9H8Cl3NO2/c1-5-4-6(2-3-7(5)14)13-8(15)9(10,11)12/h2-4,14H,1H3,(H,13,15). The molecule has 0 radical (unpaired) electrons. The molecule has 0 bridgehead atoms. The number of amides is 1. The van der Waals surface area contributed by atoms with E-state index in [4.69, 9.17) is 34.8 Å². The quantitative estimate of drug-likeness (QED) is 0.607. The van der Waals surface area contributed by atoms with Gasteiger partial charge in [-0.2, -0.15) is 0 Å². The Kier molecular flexibility index (Phi) is 3.71. The van der Waals surface area contributed by atoms with Gasteiger partial charge in [0, 0.05) is 5.69 Å². The molecule has 0 heterocycles. The lowest BCUT2D eigenvalue weighted by Crippen LogP contribution is -2.26. The Hall–Kier alpha value is -0.640. The number of alkyl halides is 3. The smallest absolute Gasteiger partial charge is 0.276 e. The molecule has 0 spiro atoms. The van der Waals surface area contributed by atoms with E-state index in [1.807, 2.05) is 0 Å². The number of benzene rings is 1. The summed E-state index contributed by atoms with van der Waals surface area (Å²) in [5.74, 6) is -0.598. The van der Waals surface area contributed by atoms with E-state index in [2.05, 4.69) is 5.32 Å². The number of anilines is 1. The number of carbonyl (C=O) groups excluding carboxylic acids is 1. The van der Waals surface area contributed by atoms with Crippen LogP contribution in [-0.2, 0) is 4.79 Å². The number of halogens is 3. The summed E-state index contributed by atoms with van der Waals surface area (Å²) in [6.07, 6.45) is 0. The number of phenolic OH excluding ortho intramolecular Hbond substituents is 1. The molecule has 15 heavy (non-hydrogen) atoms. The molecule has 0 unspecified atom stereocenters. The molecule has 3 nitrogen and oxygen atoms in total. The SMILES string of the molecule is Cc1cc(NC(=O)C(Cl)(Cl)Cl)ccc1O. The molecule has 0 saturated carbocycles. The van der Waals surface area contributed by atoms with Gasteiger partial charge in [-0.25, -0.2) is 0 Å². The maximum atomic E-state index is 11.3. The van der Waals surface area contributed by atoms with Gasteiger partial charge < -0.3 is 10.4 Å². The van der Waals surface area contributed by atoms with Gasteiger partial charge in [0.1, 0.15) is 5.75 Å². The topological polar surface area (TPSA) is 49.3 Å². The van der Waals surface area contributed by atoms with E-state index in [1.54, 1.807) is 13.0 Å². The number of nitrogens with one attached hydrogen (secondary N) is 1. The number of carbonyl (C=O) groups is 1. The van der Waals surface area contributed by atoms with Gasteiger partial charge in [0.25, 0.3) is 9.70 Å². The van der Waals surface area contributed by atoms with Crippen LogP contribution in [0, 0.1) is 6.92 Å². The highest BCUT2D eigenvalue weighted by atomic mass is 35.6. The predicted molar refractivity (Wildman–Crippen MR) is 61.8 cm³/mol. The lowest BCUT2D eigenvalue weighted by Gasteiger charge is -2.11. The van der Waals surface area contributed by atoms with Gasteiger partial charge in [-0.3, -0.25) is 4.79 Å². The molecule has 1 rings (SSSR count). The maximum Gasteiger partial charge on any atom is 0.276 e. The first-order valence-corrected chi connectivity index (χ1v) is 5.12. The van der Waals surface area contributed by atoms with Crippen molar-refractivity contribution in [2.75, 3.05) is 5.32 Å². The molecule has 0 aromatic heterocycles. The molecule has 82 valence electrons. The van der Waals surface area contributed by atoms with Crippen molar-refractivity contribution >= 4 is 46.4 Å². The van der Waals surface area contributed by atoms with E-state index in [0.717, 1.165) is 0 Å². The molecule has 0 aliphatic carbocycles. The highest BCUT2D eigenvalue weighted by Gasteiger charge is 2.30. The zero-order valence-corrected chi connectivity index (χ0v) is 9.99. The van der Waals surface area contributed by atoms with Crippen LogP contribution < -0.4 is 5.32 Å². The summed E-state index contributed by atoms with van der Waals surface area (Å²) < 4.78 is -1.99. The highest BCUT2D eigenvalue weighted by Crippen LogP contribution is 2.28. The maximum absolute atomic E-state index is 11.3. The Balaban J connectivity index is 2.83. The third kappa shape index (κ3) is 3.45. The second kappa shape index (κ2) is 4.47. The average Bonchev–Trinajstić information content (AvgIpc) is 2.10. The minimum Gasteiger partial charge on any atom is -0.508 e. The Morgan fingerprint density at radius 2 is 2.00 bits per heavy atom. The fourth-order valence-corrected chi connectivity index (χ4v) is 1.08. The number of aryl methyl sites for hydroxylation is 1. The summed E-state index contributed by atoms with van der Waals surface area (Å²) >= 11 is 16.1. The summed E-state index contributed by atoms with van der Waals surface area (Å²) in [4.78, 5) is 11.3. The van der Waals surface area contributed by atoms with E-state index < -0.39 is 9.70 Å². The zero-order valence-electron chi connectivity index (χ0n) is 7.72. The van der Waals surface area contributed by atoms with Crippen LogP contribution >= 0.6 is 34.8 Å². The van der Waals surface area contributed by atoms with Crippen LogP contribution in [0.1, 0.15) is 5.56 Å². The Labute approximate surface area is 102 Å². The Morgan fingerprint density at radius 1 is 1.40 bits per heavy atom. The van der Waals surface area contributed by atoms with E-state index in [9.17, 15) is 9.90 Å². The van der Waals surface area contributed by atoms with Crippen LogP contribution in [0.15, 0.2) is 18.2 Å².